The van der Waals surface area contributed by atoms with Gasteiger partial charge >= 0.3 is 6.09 Å². The molecule has 0 aliphatic carbocycles. The average molecular weight is 716 g/mol. The second kappa shape index (κ2) is 13.5. The molecule has 15 heteroatoms. The topological polar surface area (TPSA) is 99.1 Å². The van der Waals surface area contributed by atoms with Gasteiger partial charge in [0.15, 0.2) is 11.2 Å². The summed E-state index contributed by atoms with van der Waals surface area (Å²) >= 11 is 14.9. The first-order chi connectivity index (χ1) is 22.8. The maximum absolute atomic E-state index is 14.6. The standard InChI is InChI=1S/C33H37Cl2FN8O3S/c1-33(2,3)47-32(46)41(5)14-13-40(4)21-6-8-22(9-7-21)44-28-23(24(34)10-11-25(28)35)18-43(44)29(30(45)39-31-37-12-15-48-31)27-26-16-20(36)17-42(26)19-38-27/h6-12,15,19-20,29H,13-14,16-18H2,1-5H3,(H,37,39,45)/t20-,29?/m1/s1. The maximum Gasteiger partial charge on any atom is 0.410 e. The van der Waals surface area contributed by atoms with E-state index >= 15 is 0 Å². The van der Waals surface area contributed by atoms with Crippen molar-refractivity contribution in [2.24, 2.45) is 0 Å². The number of ether oxygens (including phenoxy) is 1. The molecule has 0 radical (unpaired) electrons. The molecule has 2 atom stereocenters. The second-order valence-corrected chi connectivity index (χ2v) is 14.6. The van der Waals surface area contributed by atoms with E-state index in [4.69, 9.17) is 27.9 Å². The van der Waals surface area contributed by atoms with E-state index in [1.54, 1.807) is 46.6 Å². The van der Waals surface area contributed by atoms with Crippen molar-refractivity contribution in [3.8, 4) is 0 Å². The number of hydrazine groups is 1. The molecule has 1 unspecified atom stereocenters. The third-order valence-electron chi connectivity index (χ3n) is 8.23. The SMILES string of the molecule is CN(CCN(C)c1ccc(N2c3c(Cl)ccc(Cl)c3CN2C(C(=O)Nc2nccs2)c2ncn3c2C[C@@H](F)C3)cc1)C(=O)OC(C)(C)C. The van der Waals surface area contributed by atoms with Gasteiger partial charge in [-0.3, -0.25) is 9.80 Å². The Labute approximate surface area is 292 Å². The second-order valence-electron chi connectivity index (χ2n) is 12.9. The van der Waals surface area contributed by atoms with E-state index in [9.17, 15) is 14.0 Å². The van der Waals surface area contributed by atoms with E-state index in [0.29, 0.717) is 45.3 Å². The zero-order valence-electron chi connectivity index (χ0n) is 27.3. The molecule has 0 saturated heterocycles. The van der Waals surface area contributed by atoms with Crippen molar-refractivity contribution in [2.75, 3.05) is 42.4 Å². The molecule has 4 aromatic rings. The van der Waals surface area contributed by atoms with Crippen LogP contribution in [0, 0.1) is 0 Å². The van der Waals surface area contributed by atoms with E-state index in [1.165, 1.54) is 11.3 Å². The Morgan fingerprint density at radius 3 is 2.52 bits per heavy atom. The Kier molecular flexibility index (Phi) is 9.58. The molecule has 0 saturated carbocycles. The van der Waals surface area contributed by atoms with Gasteiger partial charge in [0.1, 0.15) is 11.8 Å². The van der Waals surface area contributed by atoms with Crippen molar-refractivity contribution in [1.29, 1.82) is 0 Å². The Morgan fingerprint density at radius 1 is 1.10 bits per heavy atom. The number of hydrogen-bond acceptors (Lipinski definition) is 9. The lowest BCUT2D eigenvalue weighted by atomic mass is 10.1. The number of anilines is 4. The minimum atomic E-state index is -1.06. The highest BCUT2D eigenvalue weighted by Crippen LogP contribution is 2.49. The molecule has 11 nitrogen and oxygen atoms in total. The summed E-state index contributed by atoms with van der Waals surface area (Å²) in [6.07, 6.45) is 1.92. The molecule has 2 aromatic heterocycles. The predicted octanol–water partition coefficient (Wildman–Crippen LogP) is 7.09. The van der Waals surface area contributed by atoms with Crippen LogP contribution in [-0.2, 0) is 29.0 Å². The number of carbonyl (C=O) groups excluding carboxylic acids is 2. The minimum absolute atomic E-state index is 0.156. The number of benzene rings is 2. The van der Waals surface area contributed by atoms with Crippen molar-refractivity contribution >= 4 is 68.7 Å². The maximum atomic E-state index is 14.6. The fraction of sp³-hybridized carbons (Fsp3) is 0.394. The Hall–Kier alpha value is -3.91. The summed E-state index contributed by atoms with van der Waals surface area (Å²) in [7, 11) is 3.66. The quantitative estimate of drug-likeness (QED) is 0.196. The fourth-order valence-electron chi connectivity index (χ4n) is 5.89. The predicted molar refractivity (Wildman–Crippen MR) is 187 cm³/mol. The summed E-state index contributed by atoms with van der Waals surface area (Å²) in [5.74, 6) is -0.371. The number of amides is 2. The van der Waals surface area contributed by atoms with Crippen molar-refractivity contribution in [2.45, 2.75) is 58.1 Å². The Morgan fingerprint density at radius 2 is 1.83 bits per heavy atom. The van der Waals surface area contributed by atoms with Gasteiger partial charge in [-0.1, -0.05) is 23.2 Å². The number of carbonyl (C=O) groups is 2. The van der Waals surface area contributed by atoms with Gasteiger partial charge < -0.3 is 24.4 Å². The van der Waals surface area contributed by atoms with Gasteiger partial charge in [0.2, 0.25) is 0 Å². The molecule has 254 valence electrons. The number of alkyl halides is 1. The minimum Gasteiger partial charge on any atom is -0.444 e. The molecule has 2 amide bonds. The smallest absolute Gasteiger partial charge is 0.410 e. The lowest BCUT2D eigenvalue weighted by molar-refractivity contribution is -0.121. The third-order valence-corrected chi connectivity index (χ3v) is 9.58. The number of nitrogens with zero attached hydrogens (tertiary/aromatic N) is 7. The van der Waals surface area contributed by atoms with Crippen LogP contribution in [0.25, 0.3) is 0 Å². The molecule has 2 aliphatic heterocycles. The number of thiazole rings is 1. The van der Waals surface area contributed by atoms with Crippen molar-refractivity contribution in [3.63, 3.8) is 0 Å². The summed E-state index contributed by atoms with van der Waals surface area (Å²) in [6, 6.07) is 10.3. The highest BCUT2D eigenvalue weighted by atomic mass is 35.5. The van der Waals surface area contributed by atoms with Crippen LogP contribution >= 0.6 is 34.5 Å². The van der Waals surface area contributed by atoms with Gasteiger partial charge in [-0.2, -0.15) is 5.01 Å². The normalized spacial score (nSPS) is 16.4. The molecule has 0 fully saturated rings. The molecule has 0 bridgehead atoms. The van der Waals surface area contributed by atoms with Gasteiger partial charge in [0.25, 0.3) is 5.91 Å². The first-order valence-electron chi connectivity index (χ1n) is 15.5. The van der Waals surface area contributed by atoms with E-state index in [2.05, 4.69) is 15.3 Å². The van der Waals surface area contributed by atoms with Crippen LogP contribution in [0.2, 0.25) is 10.0 Å². The van der Waals surface area contributed by atoms with Gasteiger partial charge in [-0.05, 0) is 57.2 Å². The molecular weight excluding hydrogens is 678 g/mol. The number of nitrogens with one attached hydrogen (secondary N) is 1. The monoisotopic (exact) mass is 714 g/mol. The van der Waals surface area contributed by atoms with E-state index in [0.717, 1.165) is 16.9 Å². The zero-order chi connectivity index (χ0) is 34.3. The van der Waals surface area contributed by atoms with E-state index < -0.39 is 17.8 Å². The fourth-order valence-corrected chi connectivity index (χ4v) is 6.90. The van der Waals surface area contributed by atoms with Gasteiger partial charge in [0, 0.05) is 73.7 Å². The van der Waals surface area contributed by atoms with Crippen LogP contribution in [0.1, 0.15) is 43.8 Å². The zero-order valence-corrected chi connectivity index (χ0v) is 29.6. The van der Waals surface area contributed by atoms with Crippen molar-refractivity contribution in [3.05, 3.63) is 81.3 Å². The van der Waals surface area contributed by atoms with Crippen molar-refractivity contribution < 1.29 is 18.7 Å². The number of hydrogen-bond donors (Lipinski definition) is 1. The highest BCUT2D eigenvalue weighted by molar-refractivity contribution is 7.13. The number of rotatable bonds is 9. The van der Waals surface area contributed by atoms with Crippen LogP contribution in [0.4, 0.5) is 31.4 Å². The molecule has 2 aromatic carbocycles. The first kappa shape index (κ1) is 34.0. The average Bonchev–Trinajstić information content (AvgIpc) is 3.83. The number of likely N-dealkylation sites (N-methyl/N-ethyl adjacent to an activating group) is 2. The molecule has 1 N–H and O–H groups in total. The van der Waals surface area contributed by atoms with Crippen LogP contribution in [0.3, 0.4) is 0 Å². The van der Waals surface area contributed by atoms with Crippen LogP contribution in [-0.4, -0.2) is 75.4 Å². The summed E-state index contributed by atoms with van der Waals surface area (Å²) in [5, 5.41) is 9.87. The van der Waals surface area contributed by atoms with Crippen LogP contribution < -0.4 is 15.2 Å². The number of fused-ring (bicyclic) bond motifs is 2. The lowest BCUT2D eigenvalue weighted by Crippen LogP contribution is -2.43. The number of halogens is 3. The molecule has 6 rings (SSSR count). The first-order valence-corrected chi connectivity index (χ1v) is 17.1. The summed E-state index contributed by atoms with van der Waals surface area (Å²) < 4.78 is 21.8. The third kappa shape index (κ3) is 6.95. The molecule has 2 aliphatic rings. The Balaban J connectivity index is 1.32. The van der Waals surface area contributed by atoms with E-state index in [-0.39, 0.29) is 31.5 Å². The van der Waals surface area contributed by atoms with Crippen LogP contribution in [0.15, 0.2) is 54.3 Å². The molecule has 0 spiro atoms. The molecule has 48 heavy (non-hydrogen) atoms. The highest BCUT2D eigenvalue weighted by Gasteiger charge is 2.44. The van der Waals surface area contributed by atoms with Crippen LogP contribution in [0.5, 0.6) is 0 Å². The van der Waals surface area contributed by atoms with Gasteiger partial charge in [0.05, 0.1) is 35.0 Å². The Bertz CT molecular complexity index is 1800. The van der Waals surface area contributed by atoms with Gasteiger partial charge in [-0.15, -0.1) is 11.3 Å². The number of aromatic nitrogens is 3. The van der Waals surface area contributed by atoms with Gasteiger partial charge in [-0.25, -0.2) is 19.2 Å². The lowest BCUT2D eigenvalue weighted by Gasteiger charge is -2.36. The summed E-state index contributed by atoms with van der Waals surface area (Å²) in [6.45, 7) is 6.97. The molecular formula is C33H37Cl2FN8O3S. The van der Waals surface area contributed by atoms with E-state index in [1.807, 2.05) is 67.0 Å². The largest absolute Gasteiger partial charge is 0.444 e. The summed E-state index contributed by atoms with van der Waals surface area (Å²) in [4.78, 5) is 39.1. The van der Waals surface area contributed by atoms with Crippen molar-refractivity contribution in [1.82, 2.24) is 24.4 Å². The molecule has 4 heterocycles. The summed E-state index contributed by atoms with van der Waals surface area (Å²) in [5.41, 5.74) is 3.60. The number of imidazole rings is 1.